The van der Waals surface area contributed by atoms with Gasteiger partial charge in [0.1, 0.15) is 17.1 Å². The Bertz CT molecular complexity index is 690. The molecule has 0 aromatic carbocycles. The Balaban J connectivity index is 1.97. The molecule has 20 heavy (non-hydrogen) atoms. The Morgan fingerprint density at radius 1 is 1.20 bits per heavy atom. The van der Waals surface area contributed by atoms with Crippen molar-refractivity contribution >= 4 is 11.8 Å². The summed E-state index contributed by atoms with van der Waals surface area (Å²) in [5.41, 5.74) is 3.67. The van der Waals surface area contributed by atoms with E-state index in [0.717, 1.165) is 29.8 Å². The number of nitrogens with zero attached hydrogens (tertiary/aromatic N) is 4. The molecule has 100 valence electrons. The highest BCUT2D eigenvalue weighted by molar-refractivity contribution is 6.10. The summed E-state index contributed by atoms with van der Waals surface area (Å²) in [5, 5.41) is 18.2. The molecule has 0 atom stereocenters. The molecule has 0 radical (unpaired) electrons. The van der Waals surface area contributed by atoms with Crippen LogP contribution in [0, 0.1) is 6.92 Å². The number of aliphatic imine (C=N–C) groups is 1. The maximum absolute atomic E-state index is 10.1. The van der Waals surface area contributed by atoms with Crippen molar-refractivity contribution in [2.75, 3.05) is 6.54 Å². The van der Waals surface area contributed by atoms with Gasteiger partial charge in [-0.3, -0.25) is 4.99 Å². The van der Waals surface area contributed by atoms with Gasteiger partial charge in [0.2, 0.25) is 0 Å². The van der Waals surface area contributed by atoms with Gasteiger partial charge < -0.3 is 5.11 Å². The second-order valence-electron chi connectivity index (χ2n) is 4.64. The fourth-order valence-corrected chi connectivity index (χ4v) is 2.04. The number of allylic oxidation sites excluding steroid dienone is 1. The molecule has 3 heterocycles. The maximum Gasteiger partial charge on any atom is 0.144 e. The number of aryl methyl sites for hydroxylation is 1. The summed E-state index contributed by atoms with van der Waals surface area (Å²) in [6, 6.07) is 5.33. The fraction of sp³-hybridized carbons (Fsp3) is 0.200. The Hall–Kier alpha value is -2.56. The normalized spacial score (nSPS) is 14.2. The van der Waals surface area contributed by atoms with Crippen LogP contribution in [-0.4, -0.2) is 33.0 Å². The van der Waals surface area contributed by atoms with Gasteiger partial charge in [-0.2, -0.15) is 5.10 Å². The largest absolute Gasteiger partial charge is 0.506 e. The topological polar surface area (TPSA) is 71.3 Å². The summed E-state index contributed by atoms with van der Waals surface area (Å²) in [7, 11) is 0. The second kappa shape index (κ2) is 5.21. The standard InChI is InChI=1S/C15H14N4O/c1-10-4-5-13(19-18-10)15-14(20)7-12(9-17-15)11-3-2-6-16-8-11/h3-5,7-9,20H,2,6H2,1H3. The number of rotatable bonds is 2. The quantitative estimate of drug-likeness (QED) is 0.906. The van der Waals surface area contributed by atoms with E-state index in [-0.39, 0.29) is 5.75 Å². The summed E-state index contributed by atoms with van der Waals surface area (Å²) < 4.78 is 0. The summed E-state index contributed by atoms with van der Waals surface area (Å²) in [6.07, 6.45) is 6.54. The Morgan fingerprint density at radius 3 is 2.75 bits per heavy atom. The zero-order valence-electron chi connectivity index (χ0n) is 11.1. The fourth-order valence-electron chi connectivity index (χ4n) is 2.04. The van der Waals surface area contributed by atoms with Crippen LogP contribution in [0.25, 0.3) is 17.0 Å². The Labute approximate surface area is 116 Å². The molecule has 1 N–H and O–H groups in total. The van der Waals surface area contributed by atoms with E-state index in [1.807, 2.05) is 19.2 Å². The van der Waals surface area contributed by atoms with Crippen molar-refractivity contribution in [2.45, 2.75) is 13.3 Å². The first-order valence-corrected chi connectivity index (χ1v) is 6.44. The van der Waals surface area contributed by atoms with E-state index in [1.54, 1.807) is 18.3 Å². The van der Waals surface area contributed by atoms with Crippen molar-refractivity contribution in [1.82, 2.24) is 15.2 Å². The molecule has 3 rings (SSSR count). The van der Waals surface area contributed by atoms with E-state index in [4.69, 9.17) is 0 Å². The van der Waals surface area contributed by atoms with Crippen molar-refractivity contribution in [3.05, 3.63) is 41.7 Å². The van der Waals surface area contributed by atoms with Crippen molar-refractivity contribution in [3.63, 3.8) is 0 Å². The SMILES string of the molecule is Cc1ccc(-c2ncc(C3=CCCN=C3)cc2O)nn1. The highest BCUT2D eigenvalue weighted by Crippen LogP contribution is 2.28. The van der Waals surface area contributed by atoms with Crippen LogP contribution < -0.4 is 0 Å². The number of hydrogen-bond acceptors (Lipinski definition) is 5. The molecule has 1 aliphatic rings. The molecule has 0 spiro atoms. The smallest absolute Gasteiger partial charge is 0.144 e. The third kappa shape index (κ3) is 2.42. The lowest BCUT2D eigenvalue weighted by Gasteiger charge is -2.08. The van der Waals surface area contributed by atoms with Gasteiger partial charge in [-0.1, -0.05) is 6.08 Å². The molecule has 0 fully saturated rings. The highest BCUT2D eigenvalue weighted by Gasteiger charge is 2.11. The lowest BCUT2D eigenvalue weighted by molar-refractivity contribution is 0.474. The Morgan fingerprint density at radius 2 is 2.10 bits per heavy atom. The van der Waals surface area contributed by atoms with Crippen molar-refractivity contribution in [1.29, 1.82) is 0 Å². The van der Waals surface area contributed by atoms with E-state index in [2.05, 4.69) is 26.2 Å². The predicted molar refractivity (Wildman–Crippen MR) is 77.6 cm³/mol. The van der Waals surface area contributed by atoms with Gasteiger partial charge in [0.25, 0.3) is 0 Å². The summed E-state index contributed by atoms with van der Waals surface area (Å²) >= 11 is 0. The summed E-state index contributed by atoms with van der Waals surface area (Å²) in [5.74, 6) is 0.0977. The average molecular weight is 266 g/mol. The van der Waals surface area contributed by atoms with Gasteiger partial charge in [0.05, 0.1) is 5.69 Å². The van der Waals surface area contributed by atoms with E-state index in [0.29, 0.717) is 11.4 Å². The molecule has 0 saturated carbocycles. The molecular formula is C15H14N4O. The zero-order valence-corrected chi connectivity index (χ0v) is 11.1. The van der Waals surface area contributed by atoms with Crippen LogP contribution in [0.4, 0.5) is 0 Å². The van der Waals surface area contributed by atoms with Crippen LogP contribution >= 0.6 is 0 Å². The van der Waals surface area contributed by atoms with Crippen LogP contribution in [-0.2, 0) is 0 Å². The van der Waals surface area contributed by atoms with Gasteiger partial charge in [-0.15, -0.1) is 5.10 Å². The minimum Gasteiger partial charge on any atom is -0.506 e. The van der Waals surface area contributed by atoms with E-state index < -0.39 is 0 Å². The molecule has 2 aromatic heterocycles. The zero-order chi connectivity index (χ0) is 13.9. The van der Waals surface area contributed by atoms with Crippen LogP contribution in [0.3, 0.4) is 0 Å². The molecule has 0 bridgehead atoms. The summed E-state index contributed by atoms with van der Waals surface area (Å²) in [6.45, 7) is 2.68. The van der Waals surface area contributed by atoms with Crippen molar-refractivity contribution in [3.8, 4) is 17.1 Å². The second-order valence-corrected chi connectivity index (χ2v) is 4.64. The van der Waals surface area contributed by atoms with Crippen molar-refractivity contribution < 1.29 is 5.11 Å². The monoisotopic (exact) mass is 266 g/mol. The maximum atomic E-state index is 10.1. The third-order valence-electron chi connectivity index (χ3n) is 3.09. The summed E-state index contributed by atoms with van der Waals surface area (Å²) in [4.78, 5) is 8.53. The number of pyridine rings is 1. The molecular weight excluding hydrogens is 252 g/mol. The van der Waals surface area contributed by atoms with Crippen molar-refractivity contribution in [2.24, 2.45) is 4.99 Å². The molecule has 1 aliphatic heterocycles. The van der Waals surface area contributed by atoms with Crippen LogP contribution in [0.5, 0.6) is 5.75 Å². The first-order valence-electron chi connectivity index (χ1n) is 6.44. The third-order valence-corrected chi connectivity index (χ3v) is 3.09. The first-order chi connectivity index (χ1) is 9.74. The van der Waals surface area contributed by atoms with E-state index >= 15 is 0 Å². The number of hydrogen-bond donors (Lipinski definition) is 1. The van der Waals surface area contributed by atoms with Gasteiger partial charge in [0.15, 0.2) is 0 Å². The highest BCUT2D eigenvalue weighted by atomic mass is 16.3. The molecule has 2 aromatic rings. The van der Waals surface area contributed by atoms with Gasteiger partial charge in [0, 0.05) is 24.5 Å². The van der Waals surface area contributed by atoms with Crippen LogP contribution in [0.2, 0.25) is 0 Å². The van der Waals surface area contributed by atoms with Crippen LogP contribution in [0.15, 0.2) is 35.5 Å². The number of aromatic hydroxyl groups is 1. The molecule has 0 saturated heterocycles. The minimum absolute atomic E-state index is 0.0977. The molecule has 0 unspecified atom stereocenters. The molecule has 0 aliphatic carbocycles. The van der Waals surface area contributed by atoms with Gasteiger partial charge in [-0.05, 0) is 37.1 Å². The first kappa shape index (κ1) is 12.5. The van der Waals surface area contributed by atoms with Crippen LogP contribution in [0.1, 0.15) is 17.7 Å². The number of dihydropyridines is 1. The predicted octanol–water partition coefficient (Wildman–Crippen LogP) is 2.41. The molecule has 5 heteroatoms. The van der Waals surface area contributed by atoms with Gasteiger partial charge >= 0.3 is 0 Å². The lowest BCUT2D eigenvalue weighted by Crippen LogP contribution is -1.97. The van der Waals surface area contributed by atoms with E-state index in [9.17, 15) is 5.11 Å². The lowest BCUT2D eigenvalue weighted by atomic mass is 10.0. The Kier molecular flexibility index (Phi) is 3.25. The number of aromatic nitrogens is 3. The molecule has 5 nitrogen and oxygen atoms in total. The van der Waals surface area contributed by atoms with Gasteiger partial charge in [-0.25, -0.2) is 4.98 Å². The average Bonchev–Trinajstić information content (AvgIpc) is 2.49. The van der Waals surface area contributed by atoms with E-state index in [1.165, 1.54) is 0 Å². The minimum atomic E-state index is 0.0977. The molecule has 0 amide bonds.